The molecule has 2 nitrogen and oxygen atoms in total. The Hall–Kier alpha value is -1.18. The van der Waals surface area contributed by atoms with Gasteiger partial charge in [-0.3, -0.25) is 0 Å². The Bertz CT molecular complexity index is 279. The van der Waals surface area contributed by atoms with Crippen molar-refractivity contribution in [2.45, 2.75) is 12.8 Å². The van der Waals surface area contributed by atoms with Crippen molar-refractivity contribution < 1.29 is 0 Å². The molecule has 0 aliphatic heterocycles. The Labute approximate surface area is 95.0 Å². The molecule has 1 aliphatic rings. The molecule has 0 aromatic heterocycles. The topological polar surface area (TPSA) is 47.7 Å². The van der Waals surface area contributed by atoms with Crippen LogP contribution in [0.25, 0.3) is 0 Å². The molecule has 0 radical (unpaired) electrons. The quantitative estimate of drug-likeness (QED) is 0.373. The van der Waals surface area contributed by atoms with E-state index in [4.69, 9.17) is 10.8 Å². The Kier molecular flexibility index (Phi) is 12.9. The monoisotopic (exact) mass is 224 g/mol. The fourth-order valence-corrected chi connectivity index (χ4v) is 0.844. The van der Waals surface area contributed by atoms with Gasteiger partial charge < -0.3 is 0 Å². The number of thiocarbonyl (C=S) groups is 2. The van der Waals surface area contributed by atoms with Crippen LogP contribution in [0, 0.1) is 10.8 Å². The number of allylic oxidation sites excluding steroid dienone is 4. The summed E-state index contributed by atoms with van der Waals surface area (Å²) in [5.74, 6) is 0. The van der Waals surface area contributed by atoms with E-state index in [2.05, 4.69) is 49.7 Å². The maximum absolute atomic E-state index is 5.77. The van der Waals surface area contributed by atoms with Crippen molar-refractivity contribution in [2.75, 3.05) is 0 Å². The van der Waals surface area contributed by atoms with Gasteiger partial charge in [0.05, 0.1) is 10.3 Å². The first-order valence-corrected chi connectivity index (χ1v) is 4.52. The summed E-state index contributed by atoms with van der Waals surface area (Å²) in [6.45, 7) is 7.67. The molecular formula is C10H12N2S2. The summed E-state index contributed by atoms with van der Waals surface area (Å²) in [7, 11) is 0. The van der Waals surface area contributed by atoms with Crippen LogP contribution in [-0.4, -0.2) is 10.3 Å². The molecule has 4 heteroatoms. The van der Waals surface area contributed by atoms with Gasteiger partial charge in [0.25, 0.3) is 0 Å². The van der Waals surface area contributed by atoms with Gasteiger partial charge in [0.15, 0.2) is 0 Å². The predicted octanol–water partition coefficient (Wildman–Crippen LogP) is 3.78. The summed E-state index contributed by atoms with van der Waals surface area (Å²) >= 11 is 7.62. The molecule has 0 saturated carbocycles. The number of isothiocyanates is 2. The van der Waals surface area contributed by atoms with Crippen LogP contribution in [0.2, 0.25) is 0 Å². The second-order valence-electron chi connectivity index (χ2n) is 2.40. The van der Waals surface area contributed by atoms with Gasteiger partial charge in [-0.15, -0.1) is 0 Å². The largest absolute Gasteiger partial charge is 0.248 e. The predicted molar refractivity (Wildman–Crippen MR) is 67.3 cm³/mol. The first kappa shape index (κ1) is 15.3. The van der Waals surface area contributed by atoms with Gasteiger partial charge in [-0.2, -0.15) is 0 Å². The lowest BCUT2D eigenvalue weighted by Gasteiger charge is -2.06. The fourth-order valence-electron chi connectivity index (χ4n) is 0.844. The standard InChI is InChI=1S/C8H10.2CHNS/c1-7-4-3-5-8(2)6-7;2*2-1-3/h3-4H,1-2,5-6H2;2*2H. The Morgan fingerprint density at radius 3 is 1.86 bits per heavy atom. The summed E-state index contributed by atoms with van der Waals surface area (Å²) in [6.07, 6.45) is 6.21. The van der Waals surface area contributed by atoms with Crippen molar-refractivity contribution in [3.05, 3.63) is 36.5 Å². The highest BCUT2D eigenvalue weighted by molar-refractivity contribution is 7.78. The molecule has 0 aromatic rings. The Morgan fingerprint density at radius 2 is 1.64 bits per heavy atom. The molecule has 0 spiro atoms. The van der Waals surface area contributed by atoms with Crippen molar-refractivity contribution in [3.8, 4) is 0 Å². The van der Waals surface area contributed by atoms with E-state index in [1.54, 1.807) is 10.3 Å². The van der Waals surface area contributed by atoms with E-state index in [0.29, 0.717) is 0 Å². The zero-order chi connectivity index (χ0) is 11.4. The van der Waals surface area contributed by atoms with Gasteiger partial charge in [0.2, 0.25) is 0 Å². The molecule has 2 N–H and O–H groups in total. The third-order valence-corrected chi connectivity index (χ3v) is 1.24. The molecule has 1 rings (SSSR count). The highest BCUT2D eigenvalue weighted by Crippen LogP contribution is 2.17. The van der Waals surface area contributed by atoms with Crippen molar-refractivity contribution in [2.24, 2.45) is 0 Å². The van der Waals surface area contributed by atoms with E-state index in [9.17, 15) is 0 Å². The van der Waals surface area contributed by atoms with E-state index in [0.717, 1.165) is 12.8 Å². The van der Waals surface area contributed by atoms with Crippen LogP contribution >= 0.6 is 24.4 Å². The highest BCUT2D eigenvalue weighted by atomic mass is 32.1. The molecule has 0 bridgehead atoms. The summed E-state index contributed by atoms with van der Waals surface area (Å²) in [6, 6.07) is 0. The summed E-state index contributed by atoms with van der Waals surface area (Å²) in [5, 5.41) is 14.7. The fraction of sp³-hybridized carbons (Fsp3) is 0.200. The van der Waals surface area contributed by atoms with Crippen molar-refractivity contribution in [3.63, 3.8) is 0 Å². The van der Waals surface area contributed by atoms with Crippen molar-refractivity contribution in [1.82, 2.24) is 0 Å². The van der Waals surface area contributed by atoms with E-state index in [-0.39, 0.29) is 0 Å². The summed E-state index contributed by atoms with van der Waals surface area (Å²) < 4.78 is 0. The van der Waals surface area contributed by atoms with Crippen LogP contribution < -0.4 is 0 Å². The smallest absolute Gasteiger partial charge is 0.0554 e. The molecule has 1 aliphatic carbocycles. The molecule has 0 heterocycles. The Balaban J connectivity index is 0. The second kappa shape index (κ2) is 11.8. The molecule has 0 fully saturated rings. The minimum Gasteiger partial charge on any atom is -0.248 e. The molecular weight excluding hydrogens is 212 g/mol. The van der Waals surface area contributed by atoms with Crippen LogP contribution in [0.15, 0.2) is 36.5 Å². The van der Waals surface area contributed by atoms with Gasteiger partial charge in [0, 0.05) is 0 Å². The van der Waals surface area contributed by atoms with Crippen molar-refractivity contribution >= 4 is 34.8 Å². The van der Waals surface area contributed by atoms with Gasteiger partial charge >= 0.3 is 0 Å². The normalized spacial score (nSPS) is 12.3. The highest BCUT2D eigenvalue weighted by Gasteiger charge is 1.97. The van der Waals surface area contributed by atoms with Gasteiger partial charge in [0.1, 0.15) is 0 Å². The molecule has 0 unspecified atom stereocenters. The maximum Gasteiger partial charge on any atom is 0.0554 e. The van der Waals surface area contributed by atoms with Crippen LogP contribution in [0.4, 0.5) is 0 Å². The molecule has 74 valence electrons. The average Bonchev–Trinajstić information content (AvgIpc) is 2.06. The van der Waals surface area contributed by atoms with E-state index >= 15 is 0 Å². The Morgan fingerprint density at radius 1 is 1.21 bits per heavy atom. The van der Waals surface area contributed by atoms with Crippen LogP contribution in [0.1, 0.15) is 12.8 Å². The third-order valence-electron chi connectivity index (χ3n) is 1.24. The molecule has 0 amide bonds. The molecule has 0 atom stereocenters. The zero-order valence-electron chi connectivity index (χ0n) is 7.80. The second-order valence-corrected chi connectivity index (χ2v) is 2.80. The molecule has 0 aromatic carbocycles. The SMILES string of the molecule is C=C1C=CCC(=C)C1.N=C=S.N=C=S. The van der Waals surface area contributed by atoms with Crippen LogP contribution in [0.5, 0.6) is 0 Å². The van der Waals surface area contributed by atoms with E-state index < -0.39 is 0 Å². The lowest BCUT2D eigenvalue weighted by Crippen LogP contribution is -1.87. The van der Waals surface area contributed by atoms with Gasteiger partial charge in [-0.05, 0) is 37.3 Å². The van der Waals surface area contributed by atoms with E-state index in [1.807, 2.05) is 0 Å². The lowest BCUT2D eigenvalue weighted by molar-refractivity contribution is 1.05. The number of hydrogen-bond acceptors (Lipinski definition) is 4. The zero-order valence-corrected chi connectivity index (χ0v) is 9.43. The van der Waals surface area contributed by atoms with Gasteiger partial charge in [-0.25, -0.2) is 10.8 Å². The van der Waals surface area contributed by atoms with Crippen molar-refractivity contribution in [1.29, 1.82) is 10.8 Å². The van der Waals surface area contributed by atoms with Crippen LogP contribution in [-0.2, 0) is 0 Å². The molecule has 14 heavy (non-hydrogen) atoms. The summed E-state index contributed by atoms with van der Waals surface area (Å²) in [5.41, 5.74) is 2.46. The number of nitrogens with one attached hydrogen (secondary N) is 2. The number of hydrogen-bond donors (Lipinski definition) is 2. The average molecular weight is 224 g/mol. The maximum atomic E-state index is 5.77. The third kappa shape index (κ3) is 13.4. The lowest BCUT2D eigenvalue weighted by atomic mass is 9.99. The first-order chi connectivity index (χ1) is 6.62. The minimum absolute atomic E-state index is 0.997. The van der Waals surface area contributed by atoms with E-state index in [1.165, 1.54) is 11.1 Å². The summed E-state index contributed by atoms with van der Waals surface area (Å²) in [4.78, 5) is 0. The van der Waals surface area contributed by atoms with Crippen LogP contribution in [0.3, 0.4) is 0 Å². The minimum atomic E-state index is 0.997. The van der Waals surface area contributed by atoms with Gasteiger partial charge in [-0.1, -0.05) is 36.5 Å². The first-order valence-electron chi connectivity index (χ1n) is 3.71. The molecule has 0 saturated heterocycles. The number of rotatable bonds is 0.